The number of thiophene rings is 1. The molecule has 1 amide bonds. The van der Waals surface area contributed by atoms with E-state index in [4.69, 9.17) is 5.73 Å². The Kier molecular flexibility index (Phi) is 6.75. The first kappa shape index (κ1) is 15.5. The third kappa shape index (κ3) is 5.00. The van der Waals surface area contributed by atoms with Crippen LogP contribution in [0.25, 0.3) is 0 Å². The van der Waals surface area contributed by atoms with Gasteiger partial charge < -0.3 is 11.1 Å². The third-order valence-corrected chi connectivity index (χ3v) is 4.81. The normalized spacial score (nSPS) is 14.5. The zero-order chi connectivity index (χ0) is 13.5. The molecule has 1 aromatic rings. The van der Waals surface area contributed by atoms with Crippen molar-refractivity contribution in [1.29, 1.82) is 0 Å². The lowest BCUT2D eigenvalue weighted by Crippen LogP contribution is -2.33. The number of carbonyl (C=O) groups excluding carboxylic acids is 1. The van der Waals surface area contributed by atoms with Gasteiger partial charge in [0, 0.05) is 16.7 Å². The van der Waals surface area contributed by atoms with E-state index in [2.05, 4.69) is 25.2 Å². The molecular formula is C13H22N2OS2. The summed E-state index contributed by atoms with van der Waals surface area (Å²) >= 11 is 3.29. The van der Waals surface area contributed by atoms with Crippen LogP contribution in [0, 0.1) is 5.92 Å². The lowest BCUT2D eigenvalue weighted by atomic mass is 10.0. The molecule has 0 aliphatic heterocycles. The third-order valence-electron chi connectivity index (χ3n) is 2.66. The van der Waals surface area contributed by atoms with Crippen molar-refractivity contribution >= 4 is 29.0 Å². The molecule has 1 heterocycles. The van der Waals surface area contributed by atoms with Crippen LogP contribution in [0.15, 0.2) is 17.5 Å². The maximum atomic E-state index is 11.9. The van der Waals surface area contributed by atoms with Crippen LogP contribution in [-0.4, -0.2) is 23.5 Å². The molecule has 2 atom stereocenters. The first-order valence-corrected chi connectivity index (χ1v) is 8.11. The second kappa shape index (κ2) is 7.81. The summed E-state index contributed by atoms with van der Waals surface area (Å²) in [5, 5.41) is 5.48. The molecule has 1 rings (SSSR count). The number of carbonyl (C=O) groups is 1. The minimum atomic E-state index is 0.0902. The molecule has 3 nitrogen and oxygen atoms in total. The highest BCUT2D eigenvalue weighted by molar-refractivity contribution is 8.00. The van der Waals surface area contributed by atoms with Gasteiger partial charge in [-0.2, -0.15) is 0 Å². The molecule has 0 saturated heterocycles. The molecule has 0 radical (unpaired) electrons. The molecule has 3 N–H and O–H groups in total. The van der Waals surface area contributed by atoms with Crippen molar-refractivity contribution in [3.8, 4) is 0 Å². The smallest absolute Gasteiger partial charge is 0.230 e. The van der Waals surface area contributed by atoms with Gasteiger partial charge in [-0.1, -0.05) is 26.8 Å². The lowest BCUT2D eigenvalue weighted by Gasteiger charge is -2.21. The van der Waals surface area contributed by atoms with Crippen LogP contribution in [0.1, 0.15) is 31.7 Å². The monoisotopic (exact) mass is 286 g/mol. The summed E-state index contributed by atoms with van der Waals surface area (Å²) in [4.78, 5) is 13.1. The number of hydrogen-bond donors (Lipinski definition) is 2. The minimum absolute atomic E-state index is 0.0902. The maximum absolute atomic E-state index is 11.9. The molecule has 18 heavy (non-hydrogen) atoms. The van der Waals surface area contributed by atoms with Gasteiger partial charge in [0.2, 0.25) is 5.91 Å². The largest absolute Gasteiger partial charge is 0.348 e. The van der Waals surface area contributed by atoms with Gasteiger partial charge in [-0.15, -0.1) is 23.1 Å². The molecule has 0 saturated carbocycles. The SMILES string of the molecule is CC(CN)SCC(=O)NC(c1cccs1)C(C)C. The number of nitrogens with two attached hydrogens (primary N) is 1. The maximum Gasteiger partial charge on any atom is 0.230 e. The van der Waals surface area contributed by atoms with Crippen molar-refractivity contribution in [2.75, 3.05) is 12.3 Å². The Morgan fingerprint density at radius 1 is 1.50 bits per heavy atom. The zero-order valence-corrected chi connectivity index (χ0v) is 12.8. The number of rotatable bonds is 7. The number of hydrogen-bond acceptors (Lipinski definition) is 4. The number of nitrogens with one attached hydrogen (secondary N) is 1. The van der Waals surface area contributed by atoms with E-state index in [1.54, 1.807) is 23.1 Å². The van der Waals surface area contributed by atoms with Crippen molar-refractivity contribution in [2.24, 2.45) is 11.7 Å². The minimum Gasteiger partial charge on any atom is -0.348 e. The summed E-state index contributed by atoms with van der Waals surface area (Å²) in [6.07, 6.45) is 0. The van der Waals surface area contributed by atoms with E-state index in [9.17, 15) is 4.79 Å². The van der Waals surface area contributed by atoms with E-state index < -0.39 is 0 Å². The Balaban J connectivity index is 2.49. The Hall–Kier alpha value is -0.520. The topological polar surface area (TPSA) is 55.1 Å². The van der Waals surface area contributed by atoms with Crippen LogP contribution in [0.5, 0.6) is 0 Å². The Morgan fingerprint density at radius 3 is 2.72 bits per heavy atom. The van der Waals surface area contributed by atoms with Gasteiger partial charge in [-0.3, -0.25) is 4.79 Å². The molecule has 5 heteroatoms. The number of thioether (sulfide) groups is 1. The highest BCUT2D eigenvalue weighted by atomic mass is 32.2. The summed E-state index contributed by atoms with van der Waals surface area (Å²) < 4.78 is 0. The Morgan fingerprint density at radius 2 is 2.22 bits per heavy atom. The summed E-state index contributed by atoms with van der Waals surface area (Å²) in [6, 6.07) is 4.21. The molecule has 0 aliphatic carbocycles. The molecule has 0 spiro atoms. The lowest BCUT2D eigenvalue weighted by molar-refractivity contribution is -0.119. The van der Waals surface area contributed by atoms with Crippen molar-refractivity contribution in [3.63, 3.8) is 0 Å². The van der Waals surface area contributed by atoms with E-state index in [0.717, 1.165) is 0 Å². The molecule has 0 fully saturated rings. The van der Waals surface area contributed by atoms with Gasteiger partial charge >= 0.3 is 0 Å². The van der Waals surface area contributed by atoms with Crippen LogP contribution in [-0.2, 0) is 4.79 Å². The van der Waals surface area contributed by atoms with Crippen molar-refractivity contribution in [1.82, 2.24) is 5.32 Å². The summed E-state index contributed by atoms with van der Waals surface area (Å²) in [6.45, 7) is 6.90. The number of amides is 1. The molecule has 0 aromatic carbocycles. The second-order valence-electron chi connectivity index (χ2n) is 4.66. The molecule has 102 valence electrons. The average Bonchev–Trinajstić information content (AvgIpc) is 2.86. The quantitative estimate of drug-likeness (QED) is 0.810. The van der Waals surface area contributed by atoms with Gasteiger partial charge in [0.05, 0.1) is 11.8 Å². The fourth-order valence-corrected chi connectivity index (χ4v) is 3.14. The molecular weight excluding hydrogens is 264 g/mol. The predicted octanol–water partition coefficient (Wildman–Crippen LogP) is 2.64. The van der Waals surface area contributed by atoms with Gasteiger partial charge in [0.1, 0.15) is 0 Å². The Bertz CT molecular complexity index is 352. The van der Waals surface area contributed by atoms with Crippen molar-refractivity contribution in [2.45, 2.75) is 32.1 Å². The van der Waals surface area contributed by atoms with Gasteiger partial charge in [0.25, 0.3) is 0 Å². The second-order valence-corrected chi connectivity index (χ2v) is 7.07. The van der Waals surface area contributed by atoms with Crippen molar-refractivity contribution < 1.29 is 4.79 Å². The first-order valence-electron chi connectivity index (χ1n) is 6.19. The first-order chi connectivity index (χ1) is 8.54. The average molecular weight is 286 g/mol. The highest BCUT2D eigenvalue weighted by Crippen LogP contribution is 2.25. The molecule has 2 unspecified atom stereocenters. The van der Waals surface area contributed by atoms with Crippen LogP contribution >= 0.6 is 23.1 Å². The summed E-state index contributed by atoms with van der Waals surface area (Å²) in [7, 11) is 0. The van der Waals surface area contributed by atoms with Crippen LogP contribution in [0.4, 0.5) is 0 Å². The van der Waals surface area contributed by atoms with Gasteiger partial charge in [0.15, 0.2) is 0 Å². The van der Waals surface area contributed by atoms with Gasteiger partial charge in [-0.25, -0.2) is 0 Å². The van der Waals surface area contributed by atoms with Crippen LogP contribution in [0.2, 0.25) is 0 Å². The van der Waals surface area contributed by atoms with E-state index >= 15 is 0 Å². The fourth-order valence-electron chi connectivity index (χ4n) is 1.54. The van der Waals surface area contributed by atoms with E-state index in [1.807, 2.05) is 18.4 Å². The van der Waals surface area contributed by atoms with E-state index in [1.165, 1.54) is 4.88 Å². The van der Waals surface area contributed by atoms with Crippen molar-refractivity contribution in [3.05, 3.63) is 22.4 Å². The van der Waals surface area contributed by atoms with Crippen LogP contribution in [0.3, 0.4) is 0 Å². The molecule has 0 bridgehead atoms. The molecule has 1 aromatic heterocycles. The highest BCUT2D eigenvalue weighted by Gasteiger charge is 2.19. The van der Waals surface area contributed by atoms with Gasteiger partial charge in [-0.05, 0) is 17.4 Å². The summed E-state index contributed by atoms with van der Waals surface area (Å²) in [5.41, 5.74) is 5.53. The zero-order valence-electron chi connectivity index (χ0n) is 11.2. The summed E-state index contributed by atoms with van der Waals surface area (Å²) in [5.74, 6) is 0.962. The fraction of sp³-hybridized carbons (Fsp3) is 0.615. The standard InChI is InChI=1S/C13H22N2OS2/c1-9(2)13(11-5-4-6-17-11)15-12(16)8-18-10(3)7-14/h4-6,9-10,13H,7-8,14H2,1-3H3,(H,15,16). The molecule has 0 aliphatic rings. The van der Waals surface area contributed by atoms with Crippen LogP contribution < -0.4 is 11.1 Å². The van der Waals surface area contributed by atoms with E-state index in [-0.39, 0.29) is 11.9 Å². The predicted molar refractivity (Wildman–Crippen MR) is 81.0 cm³/mol. The Labute approximate surface area is 118 Å². The van der Waals surface area contributed by atoms with E-state index in [0.29, 0.717) is 23.5 Å².